The molecule has 0 atom stereocenters. The normalized spacial score (nSPS) is 28.3. The van der Waals surface area contributed by atoms with Gasteiger partial charge >= 0.3 is 0 Å². The molecule has 0 spiro atoms. The molecule has 1 aromatic heterocycles. The molecule has 3 aliphatic rings. The highest BCUT2D eigenvalue weighted by atomic mass is 16.2. The second-order valence-corrected chi connectivity index (χ2v) is 10.1. The molecule has 1 saturated heterocycles. The van der Waals surface area contributed by atoms with Gasteiger partial charge in [-0.1, -0.05) is 6.08 Å². The SMILES string of the molecule is C=CC1CC(C(=O)N2CCN(C3CCC(CNc4ncnc5ccc(N)cc45)CC3)CC2)C1. The molecule has 176 valence electrons. The average Bonchev–Trinajstić information content (AvgIpc) is 2.82. The molecule has 7 heteroatoms. The van der Waals surface area contributed by atoms with Crippen LogP contribution in [0.3, 0.4) is 0 Å². The molecule has 0 bridgehead atoms. The fraction of sp³-hybridized carbons (Fsp3) is 0.577. The zero-order valence-corrected chi connectivity index (χ0v) is 19.5. The summed E-state index contributed by atoms with van der Waals surface area (Å²) in [5.74, 6) is 2.70. The van der Waals surface area contributed by atoms with Crippen LogP contribution in [-0.2, 0) is 4.79 Å². The summed E-state index contributed by atoms with van der Waals surface area (Å²) in [7, 11) is 0. The number of aromatic nitrogens is 2. The van der Waals surface area contributed by atoms with Crippen LogP contribution in [0.15, 0.2) is 37.2 Å². The minimum atomic E-state index is 0.242. The van der Waals surface area contributed by atoms with Gasteiger partial charge in [-0.25, -0.2) is 9.97 Å². The van der Waals surface area contributed by atoms with E-state index in [2.05, 4.69) is 31.7 Å². The third-order valence-corrected chi connectivity index (χ3v) is 8.03. The Morgan fingerprint density at radius 1 is 1.12 bits per heavy atom. The second-order valence-electron chi connectivity index (χ2n) is 10.1. The van der Waals surface area contributed by atoms with E-state index in [0.29, 0.717) is 23.8 Å². The molecule has 2 heterocycles. The number of hydrogen-bond donors (Lipinski definition) is 2. The van der Waals surface area contributed by atoms with Gasteiger partial charge in [0.2, 0.25) is 5.91 Å². The maximum absolute atomic E-state index is 12.7. The van der Waals surface area contributed by atoms with Crippen LogP contribution < -0.4 is 11.1 Å². The Hall–Kier alpha value is -2.67. The number of fused-ring (bicyclic) bond motifs is 1. The van der Waals surface area contributed by atoms with E-state index < -0.39 is 0 Å². The first-order chi connectivity index (χ1) is 16.1. The quantitative estimate of drug-likeness (QED) is 0.519. The number of carbonyl (C=O) groups is 1. The largest absolute Gasteiger partial charge is 0.399 e. The molecule has 1 aromatic carbocycles. The number of nitrogens with one attached hydrogen (secondary N) is 1. The van der Waals surface area contributed by atoms with Crippen molar-refractivity contribution in [1.29, 1.82) is 0 Å². The number of amides is 1. The Morgan fingerprint density at radius 2 is 1.88 bits per heavy atom. The number of nitrogens with two attached hydrogens (primary N) is 1. The molecule has 2 aliphatic carbocycles. The van der Waals surface area contributed by atoms with E-state index in [1.54, 1.807) is 6.33 Å². The van der Waals surface area contributed by atoms with Crippen molar-refractivity contribution in [3.8, 4) is 0 Å². The van der Waals surface area contributed by atoms with E-state index >= 15 is 0 Å². The molecule has 2 aromatic rings. The fourth-order valence-electron chi connectivity index (χ4n) is 5.79. The molecule has 33 heavy (non-hydrogen) atoms. The van der Waals surface area contributed by atoms with Crippen molar-refractivity contribution >= 4 is 28.3 Å². The van der Waals surface area contributed by atoms with Crippen molar-refractivity contribution in [2.75, 3.05) is 43.8 Å². The van der Waals surface area contributed by atoms with Crippen LogP contribution in [0.4, 0.5) is 11.5 Å². The zero-order chi connectivity index (χ0) is 22.8. The lowest BCUT2D eigenvalue weighted by atomic mass is 9.74. The number of nitrogens with zero attached hydrogens (tertiary/aromatic N) is 4. The molecule has 0 unspecified atom stereocenters. The molecule has 1 aliphatic heterocycles. The highest BCUT2D eigenvalue weighted by Gasteiger charge is 2.37. The van der Waals surface area contributed by atoms with Gasteiger partial charge in [0.25, 0.3) is 0 Å². The van der Waals surface area contributed by atoms with Crippen LogP contribution in [0.25, 0.3) is 10.9 Å². The Balaban J connectivity index is 1.06. The Labute approximate surface area is 196 Å². The van der Waals surface area contributed by atoms with Gasteiger partial charge < -0.3 is 16.0 Å². The molecular weight excluding hydrogens is 412 g/mol. The maximum atomic E-state index is 12.7. The van der Waals surface area contributed by atoms with Crippen LogP contribution >= 0.6 is 0 Å². The average molecular weight is 449 g/mol. The van der Waals surface area contributed by atoms with Crippen molar-refractivity contribution < 1.29 is 4.79 Å². The van der Waals surface area contributed by atoms with Gasteiger partial charge in [-0.15, -0.1) is 6.58 Å². The summed E-state index contributed by atoms with van der Waals surface area (Å²) in [6.07, 6.45) is 10.5. The Morgan fingerprint density at radius 3 is 2.61 bits per heavy atom. The van der Waals surface area contributed by atoms with Gasteiger partial charge in [0.05, 0.1) is 5.52 Å². The molecule has 0 radical (unpaired) electrons. The molecule has 5 rings (SSSR count). The molecule has 2 saturated carbocycles. The van der Waals surface area contributed by atoms with Crippen LogP contribution in [0, 0.1) is 17.8 Å². The third kappa shape index (κ3) is 4.83. The van der Waals surface area contributed by atoms with Crippen molar-refractivity contribution in [1.82, 2.24) is 19.8 Å². The predicted molar refractivity (Wildman–Crippen MR) is 133 cm³/mol. The minimum Gasteiger partial charge on any atom is -0.399 e. The summed E-state index contributed by atoms with van der Waals surface area (Å²) < 4.78 is 0. The third-order valence-electron chi connectivity index (χ3n) is 8.03. The van der Waals surface area contributed by atoms with Crippen molar-refractivity contribution in [3.63, 3.8) is 0 Å². The van der Waals surface area contributed by atoms with E-state index in [1.165, 1.54) is 25.7 Å². The van der Waals surface area contributed by atoms with E-state index in [-0.39, 0.29) is 5.92 Å². The first-order valence-electron chi connectivity index (χ1n) is 12.5. The number of benzene rings is 1. The number of allylic oxidation sites excluding steroid dienone is 1. The summed E-state index contributed by atoms with van der Waals surface area (Å²) in [5.41, 5.74) is 7.62. The molecule has 3 N–H and O–H groups in total. The molecule has 3 fully saturated rings. The van der Waals surface area contributed by atoms with Crippen LogP contribution in [0.2, 0.25) is 0 Å². The zero-order valence-electron chi connectivity index (χ0n) is 19.5. The van der Waals surface area contributed by atoms with E-state index in [0.717, 1.165) is 68.0 Å². The summed E-state index contributed by atoms with van der Waals surface area (Å²) in [4.78, 5) is 26.2. The highest BCUT2D eigenvalue weighted by molar-refractivity contribution is 5.91. The monoisotopic (exact) mass is 448 g/mol. The number of rotatable bonds is 6. The van der Waals surface area contributed by atoms with Gasteiger partial charge in [0.1, 0.15) is 12.1 Å². The van der Waals surface area contributed by atoms with Gasteiger partial charge in [-0.05, 0) is 68.6 Å². The van der Waals surface area contributed by atoms with E-state index in [9.17, 15) is 4.79 Å². The lowest BCUT2D eigenvalue weighted by Crippen LogP contribution is -2.54. The van der Waals surface area contributed by atoms with Crippen molar-refractivity contribution in [2.24, 2.45) is 17.8 Å². The van der Waals surface area contributed by atoms with Gasteiger partial charge in [-0.2, -0.15) is 0 Å². The number of nitrogen functional groups attached to an aromatic ring is 1. The van der Waals surface area contributed by atoms with Crippen LogP contribution in [-0.4, -0.2) is 64.4 Å². The van der Waals surface area contributed by atoms with E-state index in [1.807, 2.05) is 24.3 Å². The number of anilines is 2. The first-order valence-corrected chi connectivity index (χ1v) is 12.5. The minimum absolute atomic E-state index is 0.242. The number of carbonyl (C=O) groups excluding carboxylic acids is 1. The Kier molecular flexibility index (Phi) is 6.49. The topological polar surface area (TPSA) is 87.4 Å². The maximum Gasteiger partial charge on any atom is 0.225 e. The van der Waals surface area contributed by atoms with E-state index in [4.69, 9.17) is 5.73 Å². The lowest BCUT2D eigenvalue weighted by Gasteiger charge is -2.44. The Bertz CT molecular complexity index is 987. The van der Waals surface area contributed by atoms with Crippen molar-refractivity contribution in [2.45, 2.75) is 44.6 Å². The van der Waals surface area contributed by atoms with Gasteiger partial charge in [0, 0.05) is 55.8 Å². The fourth-order valence-corrected chi connectivity index (χ4v) is 5.79. The first kappa shape index (κ1) is 22.1. The van der Waals surface area contributed by atoms with Gasteiger partial charge in [-0.3, -0.25) is 9.69 Å². The van der Waals surface area contributed by atoms with Crippen LogP contribution in [0.1, 0.15) is 38.5 Å². The standard InChI is InChI=1S/C26H36N6O/c1-2-18-13-20(14-18)26(33)32-11-9-31(10-12-32)22-6-3-19(4-7-22)16-28-25-23-15-21(27)5-8-24(23)29-17-30-25/h2,5,8,15,17-20,22H,1,3-4,6-7,9-14,16,27H2,(H,28,29,30). The molecule has 7 nitrogen and oxygen atoms in total. The van der Waals surface area contributed by atoms with Crippen LogP contribution in [0.5, 0.6) is 0 Å². The summed E-state index contributed by atoms with van der Waals surface area (Å²) in [5, 5.41) is 4.54. The predicted octanol–water partition coefficient (Wildman–Crippen LogP) is 3.54. The van der Waals surface area contributed by atoms with Crippen molar-refractivity contribution in [3.05, 3.63) is 37.2 Å². The lowest BCUT2D eigenvalue weighted by molar-refractivity contribution is -0.141. The highest BCUT2D eigenvalue weighted by Crippen LogP contribution is 2.36. The molecular formula is C26H36N6O. The number of hydrogen-bond acceptors (Lipinski definition) is 6. The molecule has 1 amide bonds. The van der Waals surface area contributed by atoms with Gasteiger partial charge in [0.15, 0.2) is 0 Å². The smallest absolute Gasteiger partial charge is 0.225 e. The summed E-state index contributed by atoms with van der Waals surface area (Å²) >= 11 is 0. The summed E-state index contributed by atoms with van der Waals surface area (Å²) in [6.45, 7) is 8.60. The second kappa shape index (κ2) is 9.67. The number of piperazine rings is 1. The summed E-state index contributed by atoms with van der Waals surface area (Å²) in [6, 6.07) is 6.43.